The van der Waals surface area contributed by atoms with Crippen LogP contribution in [0.4, 0.5) is 5.95 Å². The van der Waals surface area contributed by atoms with Crippen molar-refractivity contribution in [2.75, 3.05) is 26.1 Å². The topological polar surface area (TPSA) is 74.1 Å². The number of aryl methyl sites for hydroxylation is 1. The number of anilines is 1. The van der Waals surface area contributed by atoms with Crippen molar-refractivity contribution in [2.24, 2.45) is 7.05 Å². The Morgan fingerprint density at radius 3 is 2.67 bits per heavy atom. The van der Waals surface area contributed by atoms with Gasteiger partial charge in [-0.1, -0.05) is 12.1 Å². The number of imidazole rings is 1. The minimum Gasteiger partial charge on any atom is -0.493 e. The van der Waals surface area contributed by atoms with Crippen LogP contribution < -0.4 is 14.8 Å². The Hall–Kier alpha value is -3.39. The van der Waals surface area contributed by atoms with Crippen molar-refractivity contribution in [1.29, 1.82) is 0 Å². The summed E-state index contributed by atoms with van der Waals surface area (Å²) in [6, 6.07) is 10.0. The van der Waals surface area contributed by atoms with Crippen molar-refractivity contribution in [1.82, 2.24) is 19.5 Å². The molecular weight excluding hydrogens is 398 g/mol. The van der Waals surface area contributed by atoms with Crippen LogP contribution in [-0.4, -0.2) is 40.3 Å². The van der Waals surface area contributed by atoms with Crippen molar-refractivity contribution >= 4 is 17.3 Å². The number of ether oxygens (including phenoxy) is 2. The summed E-state index contributed by atoms with van der Waals surface area (Å²) in [5.41, 5.74) is 2.93. The maximum Gasteiger partial charge on any atom is 0.223 e. The lowest BCUT2D eigenvalue weighted by Crippen LogP contribution is -2.09. The molecule has 1 N–H and O–H groups in total. The highest BCUT2D eigenvalue weighted by atomic mass is 32.1. The highest BCUT2D eigenvalue weighted by Crippen LogP contribution is 2.32. The zero-order valence-corrected chi connectivity index (χ0v) is 17.9. The fraction of sp³-hybridized carbons (Fsp3) is 0.227. The average molecular weight is 422 g/mol. The SMILES string of the molecule is COc1ccc(CCNc2ncc(-c3nccn3C)c(-c3cccs3)n2)cc1OC. The predicted octanol–water partition coefficient (Wildman–Crippen LogP) is 4.28. The highest BCUT2D eigenvalue weighted by molar-refractivity contribution is 7.13. The lowest BCUT2D eigenvalue weighted by Gasteiger charge is -2.12. The van der Waals surface area contributed by atoms with E-state index in [2.05, 4.69) is 21.4 Å². The lowest BCUT2D eigenvalue weighted by molar-refractivity contribution is 0.354. The maximum atomic E-state index is 5.38. The predicted molar refractivity (Wildman–Crippen MR) is 119 cm³/mol. The van der Waals surface area contributed by atoms with E-state index in [0.29, 0.717) is 12.5 Å². The molecule has 0 bridgehead atoms. The summed E-state index contributed by atoms with van der Waals surface area (Å²) < 4.78 is 12.6. The third kappa shape index (κ3) is 4.13. The lowest BCUT2D eigenvalue weighted by atomic mass is 10.1. The molecule has 0 aliphatic carbocycles. The third-order valence-electron chi connectivity index (χ3n) is 4.75. The highest BCUT2D eigenvalue weighted by Gasteiger charge is 2.15. The number of nitrogens with one attached hydrogen (secondary N) is 1. The Bertz CT molecular complexity index is 1120. The molecule has 0 saturated carbocycles. The van der Waals surface area contributed by atoms with Gasteiger partial charge in [-0.05, 0) is 35.6 Å². The summed E-state index contributed by atoms with van der Waals surface area (Å²) >= 11 is 1.65. The summed E-state index contributed by atoms with van der Waals surface area (Å²) in [6.07, 6.45) is 6.34. The van der Waals surface area contributed by atoms with Gasteiger partial charge in [0, 0.05) is 32.2 Å². The molecule has 1 aromatic carbocycles. The first-order valence-corrected chi connectivity index (χ1v) is 10.4. The Morgan fingerprint density at radius 1 is 1.10 bits per heavy atom. The smallest absolute Gasteiger partial charge is 0.223 e. The van der Waals surface area contributed by atoms with E-state index in [-0.39, 0.29) is 0 Å². The van der Waals surface area contributed by atoms with E-state index >= 15 is 0 Å². The van der Waals surface area contributed by atoms with Crippen molar-refractivity contribution in [2.45, 2.75) is 6.42 Å². The van der Waals surface area contributed by atoms with Crippen molar-refractivity contribution in [3.05, 3.63) is 59.9 Å². The normalized spacial score (nSPS) is 10.8. The minimum atomic E-state index is 0.594. The molecule has 0 aliphatic heterocycles. The second-order valence-electron chi connectivity index (χ2n) is 6.66. The molecule has 0 unspecified atom stereocenters. The van der Waals surface area contributed by atoms with Gasteiger partial charge in [-0.3, -0.25) is 0 Å². The summed E-state index contributed by atoms with van der Waals surface area (Å²) in [4.78, 5) is 14.9. The van der Waals surface area contributed by atoms with Gasteiger partial charge >= 0.3 is 0 Å². The first-order chi connectivity index (χ1) is 14.7. The average Bonchev–Trinajstić information content (AvgIpc) is 3.45. The quantitative estimate of drug-likeness (QED) is 0.458. The van der Waals surface area contributed by atoms with Crippen LogP contribution in [0.25, 0.3) is 22.0 Å². The van der Waals surface area contributed by atoms with E-state index in [4.69, 9.17) is 14.5 Å². The molecule has 4 aromatic rings. The van der Waals surface area contributed by atoms with Gasteiger partial charge in [-0.15, -0.1) is 11.3 Å². The molecule has 3 heterocycles. The van der Waals surface area contributed by atoms with Gasteiger partial charge in [0.15, 0.2) is 11.5 Å². The van der Waals surface area contributed by atoms with Crippen LogP contribution >= 0.6 is 11.3 Å². The Balaban J connectivity index is 1.53. The second-order valence-corrected chi connectivity index (χ2v) is 7.61. The second kappa shape index (κ2) is 8.96. The number of nitrogens with zero attached hydrogens (tertiary/aromatic N) is 4. The van der Waals surface area contributed by atoms with Gasteiger partial charge in [-0.2, -0.15) is 0 Å². The number of methoxy groups -OCH3 is 2. The molecule has 0 saturated heterocycles. The van der Waals surface area contributed by atoms with Crippen LogP contribution in [0.3, 0.4) is 0 Å². The van der Waals surface area contributed by atoms with Gasteiger partial charge in [0.25, 0.3) is 0 Å². The van der Waals surface area contributed by atoms with E-state index in [1.165, 1.54) is 0 Å². The van der Waals surface area contributed by atoms with E-state index in [1.54, 1.807) is 31.8 Å². The maximum absolute atomic E-state index is 5.38. The number of rotatable bonds is 8. The number of aromatic nitrogens is 4. The van der Waals surface area contributed by atoms with Gasteiger partial charge in [0.05, 0.1) is 30.4 Å². The number of thiophene rings is 1. The molecule has 30 heavy (non-hydrogen) atoms. The molecule has 8 heteroatoms. The Labute approximate surface area is 179 Å². The van der Waals surface area contributed by atoms with Gasteiger partial charge in [0.2, 0.25) is 5.95 Å². The van der Waals surface area contributed by atoms with E-state index in [0.717, 1.165) is 45.4 Å². The van der Waals surface area contributed by atoms with Gasteiger partial charge in [-0.25, -0.2) is 15.0 Å². The summed E-state index contributed by atoms with van der Waals surface area (Å²) in [5.74, 6) is 2.89. The molecule has 0 fully saturated rings. The van der Waals surface area contributed by atoms with Crippen LogP contribution in [0.1, 0.15) is 5.56 Å². The zero-order chi connectivity index (χ0) is 20.9. The summed E-state index contributed by atoms with van der Waals surface area (Å²) in [7, 11) is 5.25. The van der Waals surface area contributed by atoms with E-state index in [1.807, 2.05) is 53.7 Å². The molecule has 7 nitrogen and oxygen atoms in total. The fourth-order valence-corrected chi connectivity index (χ4v) is 3.94. The summed E-state index contributed by atoms with van der Waals surface area (Å²) in [5, 5.41) is 5.38. The fourth-order valence-electron chi connectivity index (χ4n) is 3.21. The molecule has 0 aliphatic rings. The van der Waals surface area contributed by atoms with Crippen LogP contribution in [0, 0.1) is 0 Å². The van der Waals surface area contributed by atoms with Crippen LogP contribution in [0.5, 0.6) is 11.5 Å². The zero-order valence-electron chi connectivity index (χ0n) is 17.1. The molecular formula is C22H23N5O2S. The van der Waals surface area contributed by atoms with E-state index < -0.39 is 0 Å². The van der Waals surface area contributed by atoms with Crippen molar-refractivity contribution in [3.63, 3.8) is 0 Å². The molecule has 154 valence electrons. The molecule has 0 atom stereocenters. The largest absolute Gasteiger partial charge is 0.493 e. The Kier molecular flexibility index (Phi) is 5.94. The van der Waals surface area contributed by atoms with Gasteiger partial charge < -0.3 is 19.4 Å². The molecule has 0 radical (unpaired) electrons. The van der Waals surface area contributed by atoms with Crippen molar-refractivity contribution < 1.29 is 9.47 Å². The van der Waals surface area contributed by atoms with E-state index in [9.17, 15) is 0 Å². The number of hydrogen-bond donors (Lipinski definition) is 1. The third-order valence-corrected chi connectivity index (χ3v) is 5.63. The first kappa shape index (κ1) is 19.9. The van der Waals surface area contributed by atoms with Gasteiger partial charge in [0.1, 0.15) is 5.82 Å². The molecule has 4 rings (SSSR count). The molecule has 0 amide bonds. The molecule has 3 aromatic heterocycles. The van der Waals surface area contributed by atoms with Crippen molar-refractivity contribution in [3.8, 4) is 33.5 Å². The minimum absolute atomic E-state index is 0.594. The summed E-state index contributed by atoms with van der Waals surface area (Å²) in [6.45, 7) is 0.696. The molecule has 0 spiro atoms. The Morgan fingerprint density at radius 2 is 1.97 bits per heavy atom. The first-order valence-electron chi connectivity index (χ1n) is 9.53. The number of benzene rings is 1. The number of hydrogen-bond acceptors (Lipinski definition) is 7. The van der Waals surface area contributed by atoms with Crippen LogP contribution in [-0.2, 0) is 13.5 Å². The monoisotopic (exact) mass is 421 g/mol. The standard InChI is InChI=1S/C22H23N5O2S/c1-27-11-10-23-21(27)16-14-25-22(26-20(16)19-5-4-12-30-19)24-9-8-15-6-7-17(28-2)18(13-15)29-3/h4-7,10-14H,8-9H2,1-3H3,(H,24,25,26). The van der Waals surface area contributed by atoms with Crippen LogP contribution in [0.2, 0.25) is 0 Å². The van der Waals surface area contributed by atoms with Crippen LogP contribution in [0.15, 0.2) is 54.3 Å².